The smallest absolute Gasteiger partial charge is 0.277 e. The third kappa shape index (κ3) is 4.72. The average Bonchev–Trinajstić information content (AvgIpc) is 3.10. The molecule has 0 aliphatic carbocycles. The lowest BCUT2D eigenvalue weighted by atomic mass is 10.2. The zero-order valence-electron chi connectivity index (χ0n) is 18.1. The number of aryl methyl sites for hydroxylation is 1. The van der Waals surface area contributed by atoms with Gasteiger partial charge in [0, 0.05) is 40.7 Å². The number of hydrazone groups is 1. The van der Waals surface area contributed by atoms with Crippen LogP contribution in [0.4, 0.5) is 5.69 Å². The molecule has 4 aromatic rings. The summed E-state index contributed by atoms with van der Waals surface area (Å²) in [5, 5.41) is 16.0. The van der Waals surface area contributed by atoms with Gasteiger partial charge in [0.1, 0.15) is 11.3 Å². The standard InChI is InChI=1S/C24H21N5O4/c1-16-12-19(17(2)28(16)20-8-4-9-21(13-20)29(31)32)14-26-27-23(30)15-33-22-10-3-6-18-7-5-11-25-24(18)22/h3-14H,15H2,1-2H3,(H,27,30)/b26-14+. The van der Waals surface area contributed by atoms with Gasteiger partial charge in [0.25, 0.3) is 11.6 Å². The Balaban J connectivity index is 1.42. The molecule has 2 aromatic carbocycles. The Morgan fingerprint density at radius 1 is 1.18 bits per heavy atom. The fourth-order valence-corrected chi connectivity index (χ4v) is 3.60. The van der Waals surface area contributed by atoms with Crippen molar-refractivity contribution in [1.82, 2.24) is 15.0 Å². The van der Waals surface area contributed by atoms with E-state index in [1.807, 2.05) is 48.7 Å². The van der Waals surface area contributed by atoms with E-state index in [2.05, 4.69) is 15.5 Å². The van der Waals surface area contributed by atoms with Crippen molar-refractivity contribution in [1.29, 1.82) is 0 Å². The van der Waals surface area contributed by atoms with Gasteiger partial charge in [-0.1, -0.05) is 24.3 Å². The first-order valence-electron chi connectivity index (χ1n) is 10.2. The van der Waals surface area contributed by atoms with Gasteiger partial charge in [-0.05, 0) is 38.1 Å². The van der Waals surface area contributed by atoms with Crippen molar-refractivity contribution >= 4 is 28.7 Å². The van der Waals surface area contributed by atoms with E-state index in [4.69, 9.17) is 4.74 Å². The first-order valence-corrected chi connectivity index (χ1v) is 10.2. The number of nitro groups is 1. The normalized spacial score (nSPS) is 11.1. The van der Waals surface area contributed by atoms with Crippen molar-refractivity contribution in [3.63, 3.8) is 0 Å². The van der Waals surface area contributed by atoms with Crippen LogP contribution >= 0.6 is 0 Å². The highest BCUT2D eigenvalue weighted by atomic mass is 16.6. The summed E-state index contributed by atoms with van der Waals surface area (Å²) in [4.78, 5) is 27.1. The van der Waals surface area contributed by atoms with Crippen molar-refractivity contribution in [2.75, 3.05) is 6.61 Å². The molecule has 0 fully saturated rings. The number of rotatable bonds is 7. The van der Waals surface area contributed by atoms with E-state index in [9.17, 15) is 14.9 Å². The molecule has 0 saturated carbocycles. The molecule has 4 rings (SSSR count). The van der Waals surface area contributed by atoms with Gasteiger partial charge in [0.15, 0.2) is 6.61 Å². The maximum Gasteiger partial charge on any atom is 0.277 e. The number of benzene rings is 2. The second-order valence-corrected chi connectivity index (χ2v) is 7.35. The lowest BCUT2D eigenvalue weighted by molar-refractivity contribution is -0.384. The number of hydrogen-bond donors (Lipinski definition) is 1. The number of para-hydroxylation sites is 1. The zero-order valence-corrected chi connectivity index (χ0v) is 18.1. The van der Waals surface area contributed by atoms with E-state index < -0.39 is 10.8 Å². The molecule has 1 N–H and O–H groups in total. The van der Waals surface area contributed by atoms with Crippen molar-refractivity contribution in [3.05, 3.63) is 93.9 Å². The van der Waals surface area contributed by atoms with Gasteiger partial charge in [0.05, 0.1) is 16.8 Å². The van der Waals surface area contributed by atoms with E-state index in [1.54, 1.807) is 24.4 Å². The van der Waals surface area contributed by atoms with Crippen LogP contribution in [0.3, 0.4) is 0 Å². The molecular formula is C24H21N5O4. The predicted octanol–water partition coefficient (Wildman–Crippen LogP) is 4.08. The van der Waals surface area contributed by atoms with Gasteiger partial charge in [-0.15, -0.1) is 0 Å². The SMILES string of the molecule is Cc1cc(/C=N/NC(=O)COc2cccc3cccnc23)c(C)n1-c1cccc([N+](=O)[O-])c1. The highest BCUT2D eigenvalue weighted by Gasteiger charge is 2.13. The molecule has 0 aliphatic heterocycles. The minimum absolute atomic E-state index is 0.0175. The Hall–Kier alpha value is -4.53. The van der Waals surface area contributed by atoms with E-state index in [0.717, 1.165) is 22.3 Å². The number of aromatic nitrogens is 2. The number of ether oxygens (including phenoxy) is 1. The largest absolute Gasteiger partial charge is 0.481 e. The zero-order chi connectivity index (χ0) is 23.4. The highest BCUT2D eigenvalue weighted by molar-refractivity contribution is 5.86. The Bertz CT molecular complexity index is 1370. The molecule has 2 heterocycles. The van der Waals surface area contributed by atoms with E-state index in [-0.39, 0.29) is 12.3 Å². The van der Waals surface area contributed by atoms with Crippen LogP contribution in [0.25, 0.3) is 16.6 Å². The van der Waals surface area contributed by atoms with E-state index in [1.165, 1.54) is 18.3 Å². The second-order valence-electron chi connectivity index (χ2n) is 7.35. The molecule has 0 aliphatic rings. The maximum absolute atomic E-state index is 12.2. The number of nitrogens with zero attached hydrogens (tertiary/aromatic N) is 4. The Morgan fingerprint density at radius 2 is 1.97 bits per heavy atom. The highest BCUT2D eigenvalue weighted by Crippen LogP contribution is 2.24. The van der Waals surface area contributed by atoms with Crippen LogP contribution in [0.15, 0.2) is 72.0 Å². The van der Waals surface area contributed by atoms with Crippen molar-refractivity contribution in [2.45, 2.75) is 13.8 Å². The molecule has 9 heteroatoms. The number of hydrogen-bond acceptors (Lipinski definition) is 6. The summed E-state index contributed by atoms with van der Waals surface area (Å²) < 4.78 is 7.51. The average molecular weight is 443 g/mol. The van der Waals surface area contributed by atoms with Gasteiger partial charge in [-0.3, -0.25) is 19.9 Å². The number of pyridine rings is 1. The van der Waals surface area contributed by atoms with Crippen molar-refractivity contribution in [2.24, 2.45) is 5.10 Å². The van der Waals surface area contributed by atoms with Crippen LogP contribution in [-0.2, 0) is 4.79 Å². The van der Waals surface area contributed by atoms with Gasteiger partial charge < -0.3 is 9.30 Å². The molecule has 0 atom stereocenters. The minimum Gasteiger partial charge on any atom is -0.481 e. The summed E-state index contributed by atoms with van der Waals surface area (Å²) in [6, 6.07) is 17.6. The van der Waals surface area contributed by atoms with Crippen LogP contribution in [0.2, 0.25) is 0 Å². The summed E-state index contributed by atoms with van der Waals surface area (Å²) >= 11 is 0. The lowest BCUT2D eigenvalue weighted by Crippen LogP contribution is -2.24. The second kappa shape index (κ2) is 9.31. The van der Waals surface area contributed by atoms with Crippen molar-refractivity contribution < 1.29 is 14.5 Å². The third-order valence-corrected chi connectivity index (χ3v) is 5.12. The summed E-state index contributed by atoms with van der Waals surface area (Å²) in [6.45, 7) is 3.57. The molecule has 33 heavy (non-hydrogen) atoms. The number of amides is 1. The molecule has 0 bridgehead atoms. The lowest BCUT2D eigenvalue weighted by Gasteiger charge is -2.09. The molecule has 0 unspecified atom stereocenters. The Kier molecular flexibility index (Phi) is 6.12. The number of nitro benzene ring substituents is 1. The summed E-state index contributed by atoms with van der Waals surface area (Å²) in [6.07, 6.45) is 3.21. The monoisotopic (exact) mass is 443 g/mol. The number of nitrogens with one attached hydrogen (secondary N) is 1. The molecule has 0 saturated heterocycles. The maximum atomic E-state index is 12.2. The fraction of sp³-hybridized carbons (Fsp3) is 0.125. The molecule has 9 nitrogen and oxygen atoms in total. The van der Waals surface area contributed by atoms with Gasteiger partial charge in [-0.2, -0.15) is 5.10 Å². The minimum atomic E-state index is -0.425. The third-order valence-electron chi connectivity index (χ3n) is 5.12. The quantitative estimate of drug-likeness (QED) is 0.263. The molecule has 1 amide bonds. The summed E-state index contributed by atoms with van der Waals surface area (Å²) in [5.74, 6) is 0.111. The van der Waals surface area contributed by atoms with Crippen LogP contribution < -0.4 is 10.2 Å². The number of fused-ring (bicyclic) bond motifs is 1. The van der Waals surface area contributed by atoms with Crippen LogP contribution in [-0.4, -0.2) is 33.2 Å². The summed E-state index contributed by atoms with van der Waals surface area (Å²) in [5.41, 5.74) is 6.33. The van der Waals surface area contributed by atoms with Crippen LogP contribution in [0, 0.1) is 24.0 Å². The summed E-state index contributed by atoms with van der Waals surface area (Å²) in [7, 11) is 0. The first-order chi connectivity index (χ1) is 15.9. The molecule has 2 aromatic heterocycles. The molecule has 0 spiro atoms. The van der Waals surface area contributed by atoms with Gasteiger partial charge in [0.2, 0.25) is 0 Å². The number of non-ortho nitro benzene ring substituents is 1. The predicted molar refractivity (Wildman–Crippen MR) is 125 cm³/mol. The fourth-order valence-electron chi connectivity index (χ4n) is 3.60. The topological polar surface area (TPSA) is 112 Å². The molecular weight excluding hydrogens is 422 g/mol. The Labute approximate surface area is 189 Å². The molecule has 166 valence electrons. The van der Waals surface area contributed by atoms with Crippen molar-refractivity contribution in [3.8, 4) is 11.4 Å². The van der Waals surface area contributed by atoms with Gasteiger partial charge >= 0.3 is 0 Å². The van der Waals surface area contributed by atoms with Gasteiger partial charge in [-0.25, -0.2) is 5.43 Å². The Morgan fingerprint density at radius 3 is 2.79 bits per heavy atom. The number of carbonyl (C=O) groups is 1. The first kappa shape index (κ1) is 21.7. The van der Waals surface area contributed by atoms with Crippen LogP contribution in [0.1, 0.15) is 17.0 Å². The van der Waals surface area contributed by atoms with E-state index in [0.29, 0.717) is 17.0 Å². The molecule has 0 radical (unpaired) electrons. The van der Waals surface area contributed by atoms with Crippen LogP contribution in [0.5, 0.6) is 5.75 Å². The van der Waals surface area contributed by atoms with E-state index >= 15 is 0 Å². The number of carbonyl (C=O) groups excluding carboxylic acids is 1.